The van der Waals surface area contributed by atoms with Crippen LogP contribution in [0.5, 0.6) is 5.75 Å². The normalized spacial score (nSPS) is 17.4. The minimum Gasteiger partial charge on any atom is -0.507 e. The first kappa shape index (κ1) is 13.9. The average Bonchev–Trinajstić information content (AvgIpc) is 2.76. The van der Waals surface area contributed by atoms with Crippen molar-refractivity contribution < 1.29 is 9.90 Å². The smallest absolute Gasteiger partial charge is 0.226 e. The van der Waals surface area contributed by atoms with Crippen LogP contribution in [-0.2, 0) is 4.79 Å². The molecule has 0 saturated heterocycles. The fourth-order valence-corrected chi connectivity index (χ4v) is 2.74. The number of aryl methyl sites for hydroxylation is 1. The molecule has 0 unspecified atom stereocenters. The van der Waals surface area contributed by atoms with E-state index in [0.29, 0.717) is 17.7 Å². The van der Waals surface area contributed by atoms with E-state index in [1.807, 2.05) is 13.0 Å². The van der Waals surface area contributed by atoms with E-state index in [9.17, 15) is 9.90 Å². The fourth-order valence-electron chi connectivity index (χ4n) is 2.74. The van der Waals surface area contributed by atoms with Gasteiger partial charge in [-0.05, 0) is 38.3 Å². The van der Waals surface area contributed by atoms with Gasteiger partial charge in [0.1, 0.15) is 5.75 Å². The molecule has 0 aromatic heterocycles. The highest BCUT2D eigenvalue weighted by Gasteiger charge is 2.31. The van der Waals surface area contributed by atoms with E-state index in [1.54, 1.807) is 13.0 Å². The van der Waals surface area contributed by atoms with Crippen LogP contribution in [0.4, 0.5) is 5.69 Å². The third kappa shape index (κ3) is 3.07. The van der Waals surface area contributed by atoms with E-state index in [1.165, 1.54) is 0 Å². The summed E-state index contributed by atoms with van der Waals surface area (Å²) in [5.74, 6) is 0.164. The summed E-state index contributed by atoms with van der Waals surface area (Å²) in [5.41, 5.74) is 8.02. The van der Waals surface area contributed by atoms with E-state index < -0.39 is 0 Å². The Morgan fingerprint density at radius 1 is 1.37 bits per heavy atom. The number of carbonyl (C=O) groups excluding carboxylic acids is 1. The number of phenols is 1. The summed E-state index contributed by atoms with van der Waals surface area (Å²) in [5, 5.41) is 12.7. The fraction of sp³-hybridized carbons (Fsp3) is 0.533. The molecular weight excluding hydrogens is 240 g/mol. The summed E-state index contributed by atoms with van der Waals surface area (Å²) >= 11 is 0. The number of phenolic OH excluding ortho intramolecular Hbond substituents is 1. The zero-order chi connectivity index (χ0) is 14.0. The van der Waals surface area contributed by atoms with Crippen molar-refractivity contribution in [2.24, 2.45) is 5.73 Å². The number of amides is 1. The van der Waals surface area contributed by atoms with Crippen molar-refractivity contribution in [3.05, 3.63) is 23.3 Å². The molecule has 2 rings (SSSR count). The quantitative estimate of drug-likeness (QED) is 0.783. The standard InChI is InChI=1S/C15H22N2O2/c1-10-5-6-12(11(2)14(10)19)17-13(18)9-15(16)7-3-4-8-15/h5-6,19H,3-4,7-9,16H2,1-2H3,(H,17,18). The second-order valence-corrected chi connectivity index (χ2v) is 5.70. The van der Waals surface area contributed by atoms with Gasteiger partial charge < -0.3 is 16.2 Å². The Bertz CT molecular complexity index is 491. The molecule has 4 nitrogen and oxygen atoms in total. The Morgan fingerprint density at radius 2 is 2.00 bits per heavy atom. The van der Waals surface area contributed by atoms with Gasteiger partial charge in [-0.2, -0.15) is 0 Å². The molecule has 0 heterocycles. The number of anilines is 1. The van der Waals surface area contributed by atoms with Gasteiger partial charge in [-0.15, -0.1) is 0 Å². The molecule has 1 amide bonds. The zero-order valence-electron chi connectivity index (χ0n) is 11.6. The molecule has 0 radical (unpaired) electrons. The largest absolute Gasteiger partial charge is 0.507 e. The van der Waals surface area contributed by atoms with E-state index in [2.05, 4.69) is 5.32 Å². The minimum atomic E-state index is -0.343. The molecule has 0 bridgehead atoms. The van der Waals surface area contributed by atoms with E-state index in [-0.39, 0.29) is 17.2 Å². The van der Waals surface area contributed by atoms with Gasteiger partial charge in [-0.3, -0.25) is 4.79 Å². The summed E-state index contributed by atoms with van der Waals surface area (Å²) < 4.78 is 0. The van der Waals surface area contributed by atoms with Crippen molar-refractivity contribution in [1.29, 1.82) is 0 Å². The molecular formula is C15H22N2O2. The van der Waals surface area contributed by atoms with E-state index in [0.717, 1.165) is 31.2 Å². The number of aromatic hydroxyl groups is 1. The molecule has 1 aromatic carbocycles. The van der Waals surface area contributed by atoms with Gasteiger partial charge in [0.15, 0.2) is 0 Å². The zero-order valence-corrected chi connectivity index (χ0v) is 11.6. The van der Waals surface area contributed by atoms with E-state index in [4.69, 9.17) is 5.73 Å². The van der Waals surface area contributed by atoms with Crippen molar-refractivity contribution in [3.8, 4) is 5.75 Å². The summed E-state index contributed by atoms with van der Waals surface area (Å²) in [7, 11) is 0. The molecule has 1 saturated carbocycles. The maximum atomic E-state index is 12.0. The van der Waals surface area contributed by atoms with E-state index >= 15 is 0 Å². The molecule has 0 atom stereocenters. The average molecular weight is 262 g/mol. The van der Waals surface area contributed by atoms with Gasteiger partial charge in [-0.1, -0.05) is 18.9 Å². The number of carbonyl (C=O) groups is 1. The summed E-state index contributed by atoms with van der Waals surface area (Å²) in [6.07, 6.45) is 4.39. The predicted molar refractivity (Wildman–Crippen MR) is 76.2 cm³/mol. The Hall–Kier alpha value is -1.55. The number of benzene rings is 1. The van der Waals surface area contributed by atoms with Gasteiger partial charge in [0.25, 0.3) is 0 Å². The van der Waals surface area contributed by atoms with Crippen molar-refractivity contribution in [2.45, 2.75) is 51.5 Å². The molecule has 1 aliphatic carbocycles. The Morgan fingerprint density at radius 3 is 2.63 bits per heavy atom. The third-order valence-electron chi connectivity index (χ3n) is 4.02. The number of hydrogen-bond donors (Lipinski definition) is 3. The lowest BCUT2D eigenvalue weighted by molar-refractivity contribution is -0.117. The van der Waals surface area contributed by atoms with Crippen molar-refractivity contribution in [1.82, 2.24) is 0 Å². The van der Waals surface area contributed by atoms with Crippen LogP contribution in [0.3, 0.4) is 0 Å². The Labute approximate surface area is 114 Å². The Kier molecular flexibility index (Phi) is 3.80. The van der Waals surface area contributed by atoms with Gasteiger partial charge in [-0.25, -0.2) is 0 Å². The predicted octanol–water partition coefficient (Wildman–Crippen LogP) is 2.61. The lowest BCUT2D eigenvalue weighted by atomic mass is 9.94. The molecule has 4 heteroatoms. The van der Waals surface area contributed by atoms with Gasteiger partial charge in [0.05, 0.1) is 0 Å². The number of nitrogens with one attached hydrogen (secondary N) is 1. The first-order valence-corrected chi connectivity index (χ1v) is 6.79. The van der Waals surface area contributed by atoms with Crippen LogP contribution in [0, 0.1) is 13.8 Å². The topological polar surface area (TPSA) is 75.4 Å². The van der Waals surface area contributed by atoms with Crippen LogP contribution in [0.15, 0.2) is 12.1 Å². The molecule has 1 aromatic rings. The van der Waals surface area contributed by atoms with Crippen LogP contribution in [-0.4, -0.2) is 16.6 Å². The SMILES string of the molecule is Cc1ccc(NC(=O)CC2(N)CCCC2)c(C)c1O. The molecule has 1 fully saturated rings. The number of hydrogen-bond acceptors (Lipinski definition) is 3. The number of nitrogens with two attached hydrogens (primary N) is 1. The first-order valence-electron chi connectivity index (χ1n) is 6.79. The lowest BCUT2D eigenvalue weighted by Gasteiger charge is -2.23. The van der Waals surface area contributed by atoms with Crippen molar-refractivity contribution in [3.63, 3.8) is 0 Å². The highest BCUT2D eigenvalue weighted by molar-refractivity contribution is 5.92. The summed E-state index contributed by atoms with van der Waals surface area (Å²) in [6.45, 7) is 3.63. The minimum absolute atomic E-state index is 0.0734. The highest BCUT2D eigenvalue weighted by atomic mass is 16.3. The van der Waals surface area contributed by atoms with Gasteiger partial charge in [0, 0.05) is 23.2 Å². The summed E-state index contributed by atoms with van der Waals surface area (Å²) in [4.78, 5) is 12.0. The highest BCUT2D eigenvalue weighted by Crippen LogP contribution is 2.31. The second kappa shape index (κ2) is 5.21. The molecule has 104 valence electrons. The lowest BCUT2D eigenvalue weighted by Crippen LogP contribution is -2.40. The molecule has 1 aliphatic rings. The van der Waals surface area contributed by atoms with Crippen LogP contribution in [0.1, 0.15) is 43.2 Å². The molecule has 0 aliphatic heterocycles. The maximum Gasteiger partial charge on any atom is 0.226 e. The third-order valence-corrected chi connectivity index (χ3v) is 4.02. The first-order chi connectivity index (χ1) is 8.91. The Balaban J connectivity index is 2.05. The van der Waals surface area contributed by atoms with Crippen molar-refractivity contribution >= 4 is 11.6 Å². The second-order valence-electron chi connectivity index (χ2n) is 5.70. The monoisotopic (exact) mass is 262 g/mol. The molecule has 0 spiro atoms. The van der Waals surface area contributed by atoms with Gasteiger partial charge >= 0.3 is 0 Å². The van der Waals surface area contributed by atoms with Crippen LogP contribution < -0.4 is 11.1 Å². The number of rotatable bonds is 3. The molecule has 19 heavy (non-hydrogen) atoms. The maximum absolute atomic E-state index is 12.0. The van der Waals surface area contributed by atoms with Crippen molar-refractivity contribution in [2.75, 3.05) is 5.32 Å². The summed E-state index contributed by atoms with van der Waals surface area (Å²) in [6, 6.07) is 3.62. The van der Waals surface area contributed by atoms with Gasteiger partial charge in [0.2, 0.25) is 5.91 Å². The van der Waals surface area contributed by atoms with Crippen LogP contribution in [0.25, 0.3) is 0 Å². The molecule has 4 N–H and O–H groups in total. The van der Waals surface area contributed by atoms with Crippen LogP contribution >= 0.6 is 0 Å². The van der Waals surface area contributed by atoms with Crippen LogP contribution in [0.2, 0.25) is 0 Å².